The van der Waals surface area contributed by atoms with Crippen LogP contribution in [0.15, 0.2) is 0 Å². The van der Waals surface area contributed by atoms with Gasteiger partial charge in [-0.1, -0.05) is 27.7 Å². The summed E-state index contributed by atoms with van der Waals surface area (Å²) in [5, 5.41) is 12.5. The number of piperidine rings is 1. The highest BCUT2D eigenvalue weighted by atomic mass is 16.3. The van der Waals surface area contributed by atoms with Crippen LogP contribution in [0.5, 0.6) is 0 Å². The first kappa shape index (κ1) is 13.9. The van der Waals surface area contributed by atoms with Crippen molar-refractivity contribution >= 4 is 0 Å². The van der Waals surface area contributed by atoms with Crippen LogP contribution in [0.3, 0.4) is 0 Å². The lowest BCUT2D eigenvalue weighted by Crippen LogP contribution is -2.47. The van der Waals surface area contributed by atoms with Crippen LogP contribution in [-0.4, -0.2) is 24.3 Å². The Labute approximate surface area is 89.1 Å². The fourth-order valence-electron chi connectivity index (χ4n) is 2.31. The molecule has 2 nitrogen and oxygen atoms in total. The topological polar surface area (TPSA) is 32.3 Å². The zero-order chi connectivity index (χ0) is 11.0. The van der Waals surface area contributed by atoms with E-state index in [1.54, 1.807) is 0 Å². The molecule has 0 bridgehead atoms. The minimum Gasteiger partial charge on any atom is -0.393 e. The number of aliphatic hydroxyl groups excluding tert-OH is 1. The van der Waals surface area contributed by atoms with Crippen molar-refractivity contribution in [2.45, 2.75) is 59.5 Å². The molecule has 0 aromatic heterocycles. The van der Waals surface area contributed by atoms with Crippen molar-refractivity contribution in [3.05, 3.63) is 0 Å². The summed E-state index contributed by atoms with van der Waals surface area (Å²) >= 11 is 0. The van der Waals surface area contributed by atoms with Crippen molar-refractivity contribution < 1.29 is 5.11 Å². The van der Waals surface area contributed by atoms with Crippen LogP contribution in [0.1, 0.15) is 53.4 Å². The van der Waals surface area contributed by atoms with E-state index in [9.17, 15) is 0 Å². The number of hydrogen-bond donors (Lipinski definition) is 2. The van der Waals surface area contributed by atoms with Gasteiger partial charge in [-0.2, -0.15) is 0 Å². The molecule has 86 valence electrons. The van der Waals surface area contributed by atoms with E-state index in [2.05, 4.69) is 5.32 Å². The standard InChI is InChI=1S/C8H15NO.2C2H6/c10-7-5-8(6-7)1-3-9-4-2-8;2*1-2/h7,9-10H,1-6H2;2*1-2H3. The van der Waals surface area contributed by atoms with E-state index in [1.807, 2.05) is 27.7 Å². The van der Waals surface area contributed by atoms with E-state index < -0.39 is 0 Å². The van der Waals surface area contributed by atoms with E-state index in [0.29, 0.717) is 5.41 Å². The third-order valence-electron chi connectivity index (χ3n) is 3.00. The smallest absolute Gasteiger partial charge is 0.0550 e. The highest BCUT2D eigenvalue weighted by molar-refractivity contribution is 4.96. The fourth-order valence-corrected chi connectivity index (χ4v) is 2.31. The maximum atomic E-state index is 9.14. The van der Waals surface area contributed by atoms with Crippen molar-refractivity contribution in [1.82, 2.24) is 5.32 Å². The molecule has 0 aromatic rings. The van der Waals surface area contributed by atoms with Crippen LogP contribution in [0, 0.1) is 5.41 Å². The molecule has 1 saturated carbocycles. The first-order valence-corrected chi connectivity index (χ1v) is 6.20. The molecule has 2 heteroatoms. The number of hydrogen-bond acceptors (Lipinski definition) is 2. The van der Waals surface area contributed by atoms with Gasteiger partial charge in [0.25, 0.3) is 0 Å². The molecule has 0 radical (unpaired) electrons. The molecule has 1 aliphatic heterocycles. The zero-order valence-electron chi connectivity index (χ0n) is 10.3. The molecule has 0 amide bonds. The van der Waals surface area contributed by atoms with Crippen molar-refractivity contribution in [3.63, 3.8) is 0 Å². The Bertz CT molecular complexity index is 115. The summed E-state index contributed by atoms with van der Waals surface area (Å²) in [7, 11) is 0. The van der Waals surface area contributed by atoms with Crippen molar-refractivity contribution in [1.29, 1.82) is 0 Å². The molecule has 2 N–H and O–H groups in total. The maximum absolute atomic E-state index is 9.14. The summed E-state index contributed by atoms with van der Waals surface area (Å²) in [6.45, 7) is 10.3. The predicted octanol–water partition coefficient (Wildman–Crippen LogP) is 2.56. The van der Waals surface area contributed by atoms with E-state index in [4.69, 9.17) is 5.11 Å². The molecule has 2 rings (SSSR count). The normalized spacial score (nSPS) is 23.8. The van der Waals surface area contributed by atoms with Gasteiger partial charge in [0.2, 0.25) is 0 Å². The number of rotatable bonds is 0. The Balaban J connectivity index is 0.000000379. The second kappa shape index (κ2) is 7.24. The van der Waals surface area contributed by atoms with Gasteiger partial charge in [0.05, 0.1) is 6.10 Å². The number of aliphatic hydroxyl groups is 1. The van der Waals surface area contributed by atoms with Crippen LogP contribution in [0.25, 0.3) is 0 Å². The van der Waals surface area contributed by atoms with Crippen molar-refractivity contribution in [2.75, 3.05) is 13.1 Å². The minimum atomic E-state index is 0.0260. The highest BCUT2D eigenvalue weighted by Gasteiger charge is 2.43. The van der Waals surface area contributed by atoms with E-state index in [0.717, 1.165) is 25.9 Å². The summed E-state index contributed by atoms with van der Waals surface area (Å²) in [6, 6.07) is 0. The molecule has 1 aliphatic carbocycles. The van der Waals surface area contributed by atoms with E-state index in [1.165, 1.54) is 12.8 Å². The Kier molecular flexibility index (Phi) is 7.20. The third kappa shape index (κ3) is 3.58. The SMILES string of the molecule is CC.CC.OC1CC2(CCNCC2)C1. The summed E-state index contributed by atoms with van der Waals surface area (Å²) in [4.78, 5) is 0. The molecule has 2 aliphatic rings. The van der Waals surface area contributed by atoms with Gasteiger partial charge in [-0.05, 0) is 44.2 Å². The molecule has 1 saturated heterocycles. The lowest BCUT2D eigenvalue weighted by molar-refractivity contribution is -0.0497. The lowest BCUT2D eigenvalue weighted by Gasteiger charge is -2.48. The zero-order valence-corrected chi connectivity index (χ0v) is 10.3. The Hall–Kier alpha value is -0.0800. The summed E-state index contributed by atoms with van der Waals surface area (Å²) in [6.07, 6.45) is 4.72. The number of nitrogens with one attached hydrogen (secondary N) is 1. The Morgan fingerprint density at radius 1 is 1.00 bits per heavy atom. The average Bonchev–Trinajstić information content (AvgIpc) is 2.23. The highest BCUT2D eigenvalue weighted by Crippen LogP contribution is 2.47. The fraction of sp³-hybridized carbons (Fsp3) is 1.00. The van der Waals surface area contributed by atoms with Gasteiger partial charge >= 0.3 is 0 Å². The maximum Gasteiger partial charge on any atom is 0.0550 e. The Morgan fingerprint density at radius 3 is 1.79 bits per heavy atom. The van der Waals surface area contributed by atoms with Gasteiger partial charge in [-0.3, -0.25) is 0 Å². The van der Waals surface area contributed by atoms with Crippen molar-refractivity contribution in [3.8, 4) is 0 Å². The molecule has 2 fully saturated rings. The second-order valence-electron chi connectivity index (χ2n) is 3.81. The van der Waals surface area contributed by atoms with Gasteiger partial charge in [-0.15, -0.1) is 0 Å². The van der Waals surface area contributed by atoms with Crippen molar-refractivity contribution in [2.24, 2.45) is 5.41 Å². The molecular formula is C12H27NO. The van der Waals surface area contributed by atoms with Gasteiger partial charge in [0, 0.05) is 0 Å². The molecular weight excluding hydrogens is 174 g/mol. The van der Waals surface area contributed by atoms with Crippen LogP contribution < -0.4 is 5.32 Å². The first-order valence-electron chi connectivity index (χ1n) is 6.20. The van der Waals surface area contributed by atoms with Gasteiger partial charge in [-0.25, -0.2) is 0 Å². The van der Waals surface area contributed by atoms with E-state index in [-0.39, 0.29) is 6.10 Å². The van der Waals surface area contributed by atoms with Gasteiger partial charge < -0.3 is 10.4 Å². The lowest BCUT2D eigenvalue weighted by atomic mass is 9.62. The molecule has 0 unspecified atom stereocenters. The van der Waals surface area contributed by atoms with Gasteiger partial charge in [0.15, 0.2) is 0 Å². The third-order valence-corrected chi connectivity index (χ3v) is 3.00. The van der Waals surface area contributed by atoms with Gasteiger partial charge in [0.1, 0.15) is 0 Å². The average molecular weight is 201 g/mol. The van der Waals surface area contributed by atoms with Crippen LogP contribution in [0.4, 0.5) is 0 Å². The monoisotopic (exact) mass is 201 g/mol. The molecule has 14 heavy (non-hydrogen) atoms. The Morgan fingerprint density at radius 2 is 1.43 bits per heavy atom. The summed E-state index contributed by atoms with van der Waals surface area (Å²) in [5.74, 6) is 0. The summed E-state index contributed by atoms with van der Waals surface area (Å²) < 4.78 is 0. The van der Waals surface area contributed by atoms with Crippen LogP contribution in [0.2, 0.25) is 0 Å². The second-order valence-corrected chi connectivity index (χ2v) is 3.81. The van der Waals surface area contributed by atoms with Crippen LogP contribution in [-0.2, 0) is 0 Å². The molecule has 0 aromatic carbocycles. The minimum absolute atomic E-state index is 0.0260. The first-order chi connectivity index (χ1) is 6.81. The van der Waals surface area contributed by atoms with E-state index >= 15 is 0 Å². The quantitative estimate of drug-likeness (QED) is 0.631. The molecule has 1 heterocycles. The largest absolute Gasteiger partial charge is 0.393 e. The molecule has 0 atom stereocenters. The van der Waals surface area contributed by atoms with Crippen LogP contribution >= 0.6 is 0 Å². The summed E-state index contributed by atoms with van der Waals surface area (Å²) in [5.41, 5.74) is 0.560. The predicted molar refractivity (Wildman–Crippen MR) is 62.5 cm³/mol. The molecule has 1 spiro atoms.